The van der Waals surface area contributed by atoms with Crippen molar-refractivity contribution in [1.29, 1.82) is 0 Å². The molecule has 0 bridgehead atoms. The van der Waals surface area contributed by atoms with Crippen molar-refractivity contribution >= 4 is 17.6 Å². The molecule has 0 aromatic heterocycles. The van der Waals surface area contributed by atoms with Gasteiger partial charge in [0, 0.05) is 10.4 Å². The summed E-state index contributed by atoms with van der Waals surface area (Å²) in [5.74, 6) is -0.888. The summed E-state index contributed by atoms with van der Waals surface area (Å²) < 4.78 is 0. The minimum absolute atomic E-state index is 0.0814. The largest absolute Gasteiger partial charge is 0.481 e. The number of benzene rings is 3. The Morgan fingerprint density at radius 2 is 1.45 bits per heavy atom. The molecule has 3 aromatic carbocycles. The third kappa shape index (κ3) is 6.50. The van der Waals surface area contributed by atoms with Gasteiger partial charge >= 0.3 is 5.97 Å². The molecule has 0 amide bonds. The van der Waals surface area contributed by atoms with Gasteiger partial charge in [0.1, 0.15) is 0 Å². The molecular formula is C34H43ClO3. The van der Waals surface area contributed by atoms with E-state index in [1.165, 1.54) is 27.8 Å². The lowest BCUT2D eigenvalue weighted by atomic mass is 9.69. The van der Waals surface area contributed by atoms with Crippen molar-refractivity contribution in [2.75, 3.05) is 0 Å². The van der Waals surface area contributed by atoms with Crippen LogP contribution in [0.3, 0.4) is 0 Å². The summed E-state index contributed by atoms with van der Waals surface area (Å²) in [5.41, 5.74) is 8.88. The number of aliphatic hydroxyl groups excluding tert-OH is 1. The number of hydrogen-bond acceptors (Lipinski definition) is 2. The molecule has 0 aliphatic rings. The van der Waals surface area contributed by atoms with Gasteiger partial charge in [-0.1, -0.05) is 94.8 Å². The van der Waals surface area contributed by atoms with E-state index in [4.69, 9.17) is 16.7 Å². The van der Waals surface area contributed by atoms with Crippen LogP contribution in [0.5, 0.6) is 0 Å². The molecule has 0 fully saturated rings. The lowest BCUT2D eigenvalue weighted by Gasteiger charge is -2.34. The van der Waals surface area contributed by atoms with Gasteiger partial charge in [0.15, 0.2) is 0 Å². The maximum absolute atomic E-state index is 11.1. The molecule has 0 heterocycles. The van der Waals surface area contributed by atoms with Gasteiger partial charge in [-0.3, -0.25) is 4.79 Å². The number of carboxylic acid groups (broad SMARTS) is 1. The standard InChI is InChI=1S/C34H43ClO3/c1-8-34(9-2,27-14-12-24(22(3)18-27)13-17-31(36)33(5,6)7)28-15-16-29(23(4)19-28)25-10-11-26(21-32(37)38)30(35)20-25/h10-12,14-16,18-20,31,36H,8-9,13,17,21H2,1-7H3,(H,37,38). The highest BCUT2D eigenvalue weighted by atomic mass is 35.5. The lowest BCUT2D eigenvalue weighted by molar-refractivity contribution is -0.136. The fourth-order valence-electron chi connectivity index (χ4n) is 5.54. The maximum Gasteiger partial charge on any atom is 0.307 e. The highest BCUT2D eigenvalue weighted by molar-refractivity contribution is 6.31. The fraction of sp³-hybridized carbons (Fsp3) is 0.441. The molecule has 0 aliphatic carbocycles. The van der Waals surface area contributed by atoms with Crippen molar-refractivity contribution in [2.24, 2.45) is 5.41 Å². The van der Waals surface area contributed by atoms with Crippen molar-refractivity contribution in [2.45, 2.75) is 92.1 Å². The second kappa shape index (κ2) is 12.1. The highest BCUT2D eigenvalue weighted by Crippen LogP contribution is 2.41. The van der Waals surface area contributed by atoms with E-state index in [-0.39, 0.29) is 23.4 Å². The smallest absolute Gasteiger partial charge is 0.307 e. The number of carbonyl (C=O) groups is 1. The summed E-state index contributed by atoms with van der Waals surface area (Å²) in [6, 6.07) is 19.2. The van der Waals surface area contributed by atoms with Gasteiger partial charge in [0.2, 0.25) is 0 Å². The summed E-state index contributed by atoms with van der Waals surface area (Å²) in [6.07, 6.45) is 3.20. The Labute approximate surface area is 233 Å². The Bertz CT molecular complexity index is 1280. The molecule has 0 saturated heterocycles. The van der Waals surface area contributed by atoms with Crippen LogP contribution in [0.15, 0.2) is 54.6 Å². The third-order valence-electron chi connectivity index (χ3n) is 8.27. The Hall–Kier alpha value is -2.62. The summed E-state index contributed by atoms with van der Waals surface area (Å²) in [4.78, 5) is 11.1. The van der Waals surface area contributed by atoms with E-state index in [9.17, 15) is 9.90 Å². The van der Waals surface area contributed by atoms with Gasteiger partial charge in [-0.25, -0.2) is 0 Å². The molecule has 38 heavy (non-hydrogen) atoms. The molecule has 0 spiro atoms. The second-order valence-corrected chi connectivity index (χ2v) is 12.2. The minimum Gasteiger partial charge on any atom is -0.481 e. The molecule has 0 radical (unpaired) electrons. The summed E-state index contributed by atoms with van der Waals surface area (Å²) in [6.45, 7) is 15.1. The van der Waals surface area contributed by atoms with Crippen molar-refractivity contribution in [1.82, 2.24) is 0 Å². The molecule has 3 nitrogen and oxygen atoms in total. The Balaban J connectivity index is 1.93. The Morgan fingerprint density at radius 3 is 1.95 bits per heavy atom. The summed E-state index contributed by atoms with van der Waals surface area (Å²) in [7, 11) is 0. The van der Waals surface area contributed by atoms with Gasteiger partial charge < -0.3 is 10.2 Å². The average molecular weight is 535 g/mol. The number of aliphatic carboxylic acids is 1. The highest BCUT2D eigenvalue weighted by Gasteiger charge is 2.31. The van der Waals surface area contributed by atoms with Crippen LogP contribution in [-0.4, -0.2) is 22.3 Å². The van der Waals surface area contributed by atoms with Crippen LogP contribution in [0, 0.1) is 19.3 Å². The van der Waals surface area contributed by atoms with Gasteiger partial charge in [-0.2, -0.15) is 0 Å². The first-order valence-electron chi connectivity index (χ1n) is 13.7. The first kappa shape index (κ1) is 29.9. The van der Waals surface area contributed by atoms with E-state index in [1.807, 2.05) is 18.2 Å². The van der Waals surface area contributed by atoms with E-state index in [1.54, 1.807) is 0 Å². The van der Waals surface area contributed by atoms with Crippen LogP contribution in [0.25, 0.3) is 11.1 Å². The molecular weight excluding hydrogens is 492 g/mol. The van der Waals surface area contributed by atoms with E-state index in [0.29, 0.717) is 10.6 Å². The van der Waals surface area contributed by atoms with Crippen LogP contribution < -0.4 is 0 Å². The lowest BCUT2D eigenvalue weighted by Crippen LogP contribution is -2.27. The molecule has 1 atom stereocenters. The number of aliphatic hydroxyl groups is 1. The fourth-order valence-corrected chi connectivity index (χ4v) is 5.79. The predicted molar refractivity (Wildman–Crippen MR) is 159 cm³/mol. The number of halogens is 1. The average Bonchev–Trinajstić information content (AvgIpc) is 2.85. The van der Waals surface area contributed by atoms with Gasteiger partial charge in [0.05, 0.1) is 12.5 Å². The van der Waals surface area contributed by atoms with Gasteiger partial charge in [-0.15, -0.1) is 0 Å². The topological polar surface area (TPSA) is 57.5 Å². The predicted octanol–water partition coefficient (Wildman–Crippen LogP) is 8.70. The van der Waals surface area contributed by atoms with Gasteiger partial charge in [0.25, 0.3) is 0 Å². The van der Waals surface area contributed by atoms with Crippen LogP contribution in [-0.2, 0) is 23.1 Å². The normalized spacial score (nSPS) is 13.0. The molecule has 204 valence electrons. The monoisotopic (exact) mass is 534 g/mol. The van der Waals surface area contributed by atoms with Crippen LogP contribution in [0.2, 0.25) is 5.02 Å². The zero-order chi connectivity index (χ0) is 28.3. The van der Waals surface area contributed by atoms with Crippen LogP contribution in [0.4, 0.5) is 0 Å². The minimum atomic E-state index is -0.888. The summed E-state index contributed by atoms with van der Waals surface area (Å²) in [5, 5.41) is 20.1. The first-order valence-corrected chi connectivity index (χ1v) is 14.1. The van der Waals surface area contributed by atoms with Crippen molar-refractivity contribution < 1.29 is 15.0 Å². The van der Waals surface area contributed by atoms with Gasteiger partial charge in [-0.05, 0) is 95.5 Å². The Kier molecular flexibility index (Phi) is 9.49. The van der Waals surface area contributed by atoms with Crippen molar-refractivity contribution in [3.05, 3.63) is 93.0 Å². The van der Waals surface area contributed by atoms with Crippen molar-refractivity contribution in [3.63, 3.8) is 0 Å². The Morgan fingerprint density at radius 1 is 0.868 bits per heavy atom. The quantitative estimate of drug-likeness (QED) is 0.273. The van der Waals surface area contributed by atoms with E-state index in [0.717, 1.165) is 36.8 Å². The zero-order valence-electron chi connectivity index (χ0n) is 24.0. The molecule has 1 unspecified atom stereocenters. The maximum atomic E-state index is 11.1. The molecule has 3 rings (SSSR count). The first-order chi connectivity index (χ1) is 17.8. The number of rotatable bonds is 10. The summed E-state index contributed by atoms with van der Waals surface area (Å²) >= 11 is 6.42. The van der Waals surface area contributed by atoms with E-state index >= 15 is 0 Å². The molecule has 0 aliphatic heterocycles. The zero-order valence-corrected chi connectivity index (χ0v) is 24.7. The molecule has 3 aromatic rings. The van der Waals surface area contributed by atoms with Crippen LogP contribution >= 0.6 is 11.6 Å². The van der Waals surface area contributed by atoms with Crippen LogP contribution in [0.1, 0.15) is 87.3 Å². The molecule has 0 saturated carbocycles. The number of hydrogen-bond donors (Lipinski definition) is 2. The molecule has 4 heteroatoms. The van der Waals surface area contributed by atoms with Crippen molar-refractivity contribution in [3.8, 4) is 11.1 Å². The van der Waals surface area contributed by atoms with E-state index in [2.05, 4.69) is 84.9 Å². The number of carboxylic acids is 1. The number of aryl methyl sites for hydroxylation is 3. The van der Waals surface area contributed by atoms with E-state index < -0.39 is 5.97 Å². The third-order valence-corrected chi connectivity index (χ3v) is 8.63. The second-order valence-electron chi connectivity index (χ2n) is 11.8. The SMILES string of the molecule is CCC(CC)(c1ccc(CCC(O)C(C)(C)C)c(C)c1)c1ccc(-c2ccc(CC(=O)O)c(Cl)c2)c(C)c1. The molecule has 2 N–H and O–H groups in total.